The minimum Gasteiger partial charge on any atom is -0.375 e. The van der Waals surface area contributed by atoms with Gasteiger partial charge in [0.15, 0.2) is 11.4 Å². The Labute approximate surface area is 179 Å². The van der Waals surface area contributed by atoms with Gasteiger partial charge in [0, 0.05) is 25.5 Å². The van der Waals surface area contributed by atoms with E-state index in [0.29, 0.717) is 28.4 Å². The Morgan fingerprint density at radius 1 is 1.18 bits per heavy atom. The number of fused-ring (bicyclic) bond motifs is 1. The summed E-state index contributed by atoms with van der Waals surface area (Å²) in [4.78, 5) is 28.6. The first-order valence-electron chi connectivity index (χ1n) is 8.54. The Bertz CT molecular complexity index is 1050. The normalized spacial score (nSPS) is 18.4. The van der Waals surface area contributed by atoms with Crippen LogP contribution in [0.3, 0.4) is 0 Å². The highest BCUT2D eigenvalue weighted by Crippen LogP contribution is 2.45. The van der Waals surface area contributed by atoms with Gasteiger partial charge in [-0.05, 0) is 53.9 Å². The van der Waals surface area contributed by atoms with Gasteiger partial charge >= 0.3 is 0 Å². The number of thiophene rings is 1. The number of halogens is 2. The lowest BCUT2D eigenvalue weighted by atomic mass is 9.88. The minimum atomic E-state index is -1.91. The lowest BCUT2D eigenvalue weighted by Gasteiger charge is -2.22. The zero-order valence-electron chi connectivity index (χ0n) is 14.6. The summed E-state index contributed by atoms with van der Waals surface area (Å²) in [5.74, 6) is -0.812. The Hall–Kier alpha value is -1.99. The van der Waals surface area contributed by atoms with E-state index in [-0.39, 0.29) is 12.2 Å². The third-order valence-electron chi connectivity index (χ3n) is 4.77. The number of nitrogens with zero attached hydrogens (tertiary/aromatic N) is 1. The number of carbonyl (C=O) groups excluding carboxylic acids is 2. The van der Waals surface area contributed by atoms with Crippen LogP contribution in [0.5, 0.6) is 0 Å². The molecular formula is C21H15BrClNO3S. The summed E-state index contributed by atoms with van der Waals surface area (Å²) in [6, 6.07) is 15.6. The van der Waals surface area contributed by atoms with Crippen LogP contribution >= 0.6 is 38.9 Å². The van der Waals surface area contributed by atoms with Crippen molar-refractivity contribution in [2.45, 2.75) is 18.6 Å². The highest BCUT2D eigenvalue weighted by atomic mass is 79.9. The molecular weight excluding hydrogens is 462 g/mol. The summed E-state index contributed by atoms with van der Waals surface area (Å²) in [5.41, 5.74) is -0.453. The number of ketones is 1. The van der Waals surface area contributed by atoms with E-state index in [1.54, 1.807) is 41.3 Å². The first-order valence-corrected chi connectivity index (χ1v) is 10.6. The standard InChI is InChI=1S/C21H15BrClNO3S/c22-14-5-8-18-17(10-14)21(27,11-19(25)13-3-6-15(23)7-4-13)20(26)24(18)12-16-2-1-9-28-16/h1-10,27H,11-12H2. The Kier molecular flexibility index (Phi) is 5.14. The molecule has 2 heterocycles. The molecule has 1 amide bonds. The van der Waals surface area contributed by atoms with E-state index >= 15 is 0 Å². The van der Waals surface area contributed by atoms with Gasteiger partial charge in [-0.1, -0.05) is 33.6 Å². The molecule has 4 rings (SSSR count). The molecule has 1 aromatic heterocycles. The summed E-state index contributed by atoms with van der Waals surface area (Å²) >= 11 is 10.8. The molecule has 1 aliphatic heterocycles. The fourth-order valence-electron chi connectivity index (χ4n) is 3.38. The van der Waals surface area contributed by atoms with Crippen LogP contribution < -0.4 is 4.90 Å². The number of Topliss-reactive ketones (excluding diaryl/α,β-unsaturated/α-hetero) is 1. The van der Waals surface area contributed by atoms with Crippen LogP contribution in [-0.4, -0.2) is 16.8 Å². The third kappa shape index (κ3) is 3.42. The maximum Gasteiger partial charge on any atom is 0.264 e. The van der Waals surface area contributed by atoms with Crippen molar-refractivity contribution in [2.24, 2.45) is 0 Å². The van der Waals surface area contributed by atoms with Crippen molar-refractivity contribution < 1.29 is 14.7 Å². The number of benzene rings is 2. The van der Waals surface area contributed by atoms with Crippen LogP contribution in [0.15, 0.2) is 64.5 Å². The summed E-state index contributed by atoms with van der Waals surface area (Å²) in [5, 5.41) is 13.8. The minimum absolute atomic E-state index is 0.323. The molecule has 1 unspecified atom stereocenters. The molecule has 28 heavy (non-hydrogen) atoms. The van der Waals surface area contributed by atoms with Crippen molar-refractivity contribution in [1.82, 2.24) is 0 Å². The van der Waals surface area contributed by atoms with Crippen molar-refractivity contribution in [1.29, 1.82) is 0 Å². The molecule has 0 saturated carbocycles. The van der Waals surface area contributed by atoms with Crippen LogP contribution in [0.1, 0.15) is 27.2 Å². The Morgan fingerprint density at radius 3 is 2.61 bits per heavy atom. The quantitative estimate of drug-likeness (QED) is 0.517. The lowest BCUT2D eigenvalue weighted by molar-refractivity contribution is -0.136. The second-order valence-electron chi connectivity index (χ2n) is 6.60. The number of hydrogen-bond acceptors (Lipinski definition) is 4. The number of hydrogen-bond donors (Lipinski definition) is 1. The molecule has 0 saturated heterocycles. The summed E-state index contributed by atoms with van der Waals surface area (Å²) in [7, 11) is 0. The number of amides is 1. The van der Waals surface area contributed by atoms with Crippen molar-refractivity contribution in [3.8, 4) is 0 Å². The summed E-state index contributed by atoms with van der Waals surface area (Å²) in [6.07, 6.45) is -0.335. The highest BCUT2D eigenvalue weighted by Gasteiger charge is 2.51. The predicted molar refractivity (Wildman–Crippen MR) is 114 cm³/mol. The molecule has 0 radical (unpaired) electrons. The lowest BCUT2D eigenvalue weighted by Crippen LogP contribution is -2.41. The Balaban J connectivity index is 1.71. The summed E-state index contributed by atoms with van der Waals surface area (Å²) in [6.45, 7) is 0.350. The maximum atomic E-state index is 13.2. The average molecular weight is 477 g/mol. The molecule has 2 aromatic carbocycles. The van der Waals surface area contributed by atoms with Crippen LogP contribution in [0.25, 0.3) is 0 Å². The fraction of sp³-hybridized carbons (Fsp3) is 0.143. The smallest absolute Gasteiger partial charge is 0.264 e. The van der Waals surface area contributed by atoms with Gasteiger partial charge in [0.25, 0.3) is 5.91 Å². The molecule has 3 aromatic rings. The van der Waals surface area contributed by atoms with E-state index in [2.05, 4.69) is 15.9 Å². The second-order valence-corrected chi connectivity index (χ2v) is 8.98. The maximum absolute atomic E-state index is 13.2. The van der Waals surface area contributed by atoms with Gasteiger partial charge in [0.2, 0.25) is 0 Å². The first-order chi connectivity index (χ1) is 13.4. The monoisotopic (exact) mass is 475 g/mol. The van der Waals surface area contributed by atoms with E-state index in [0.717, 1.165) is 9.35 Å². The van der Waals surface area contributed by atoms with Crippen molar-refractivity contribution >= 4 is 56.2 Å². The van der Waals surface area contributed by atoms with Gasteiger partial charge in [-0.25, -0.2) is 0 Å². The molecule has 7 heteroatoms. The van der Waals surface area contributed by atoms with E-state index < -0.39 is 11.5 Å². The van der Waals surface area contributed by atoms with E-state index in [1.165, 1.54) is 11.3 Å². The van der Waals surface area contributed by atoms with Gasteiger partial charge in [-0.3, -0.25) is 9.59 Å². The van der Waals surface area contributed by atoms with Crippen LogP contribution in [0, 0.1) is 0 Å². The van der Waals surface area contributed by atoms with E-state index in [9.17, 15) is 14.7 Å². The Morgan fingerprint density at radius 2 is 1.93 bits per heavy atom. The molecule has 4 nitrogen and oxygen atoms in total. The van der Waals surface area contributed by atoms with Gasteiger partial charge in [0.05, 0.1) is 18.7 Å². The van der Waals surface area contributed by atoms with Gasteiger partial charge in [-0.15, -0.1) is 11.3 Å². The molecule has 0 fully saturated rings. The topological polar surface area (TPSA) is 57.6 Å². The zero-order chi connectivity index (χ0) is 19.9. The first kappa shape index (κ1) is 19.3. The van der Waals surface area contributed by atoms with Crippen LogP contribution in [0.4, 0.5) is 5.69 Å². The van der Waals surface area contributed by atoms with E-state index in [1.807, 2.05) is 23.6 Å². The predicted octanol–water partition coefficient (Wildman–Crippen LogP) is 5.17. The van der Waals surface area contributed by atoms with Crippen LogP contribution in [-0.2, 0) is 16.9 Å². The molecule has 1 aliphatic rings. The molecule has 0 spiro atoms. The van der Waals surface area contributed by atoms with Crippen molar-refractivity contribution in [3.63, 3.8) is 0 Å². The number of carbonyl (C=O) groups is 2. The molecule has 0 aliphatic carbocycles. The molecule has 142 valence electrons. The van der Waals surface area contributed by atoms with Gasteiger partial charge in [0.1, 0.15) is 0 Å². The third-order valence-corrected chi connectivity index (χ3v) is 6.38. The molecule has 1 N–H and O–H groups in total. The van der Waals surface area contributed by atoms with Gasteiger partial charge in [-0.2, -0.15) is 0 Å². The van der Waals surface area contributed by atoms with Gasteiger partial charge < -0.3 is 10.0 Å². The SMILES string of the molecule is O=C(CC1(O)C(=O)N(Cc2cccs2)c2ccc(Br)cc21)c1ccc(Cl)cc1. The van der Waals surface area contributed by atoms with E-state index in [4.69, 9.17) is 11.6 Å². The fourth-order valence-corrected chi connectivity index (χ4v) is 4.56. The number of rotatable bonds is 5. The summed E-state index contributed by atoms with van der Waals surface area (Å²) < 4.78 is 0.731. The van der Waals surface area contributed by atoms with Crippen LogP contribution in [0.2, 0.25) is 5.02 Å². The average Bonchev–Trinajstić information content (AvgIpc) is 3.25. The molecule has 1 atom stereocenters. The largest absolute Gasteiger partial charge is 0.375 e. The molecule has 0 bridgehead atoms. The second kappa shape index (κ2) is 7.44. The zero-order valence-corrected chi connectivity index (χ0v) is 17.7. The number of anilines is 1. The van der Waals surface area contributed by atoms with Crippen molar-refractivity contribution in [2.75, 3.05) is 4.90 Å². The highest BCUT2D eigenvalue weighted by molar-refractivity contribution is 9.10. The number of aliphatic hydroxyl groups is 1. The van der Waals surface area contributed by atoms with Crippen molar-refractivity contribution in [3.05, 3.63) is 85.5 Å².